The highest BCUT2D eigenvalue weighted by atomic mass is 16.5. The van der Waals surface area contributed by atoms with Gasteiger partial charge in [-0.15, -0.1) is 0 Å². The smallest absolute Gasteiger partial charge is 0.269 e. The van der Waals surface area contributed by atoms with Crippen LogP contribution in [0.4, 0.5) is 0 Å². The van der Waals surface area contributed by atoms with E-state index >= 15 is 0 Å². The van der Waals surface area contributed by atoms with Gasteiger partial charge in [0.1, 0.15) is 11.8 Å². The number of aromatic amines is 1. The first-order valence-corrected chi connectivity index (χ1v) is 6.27. The summed E-state index contributed by atoms with van der Waals surface area (Å²) in [5.74, 6) is 1.11. The summed E-state index contributed by atoms with van der Waals surface area (Å²) in [6.45, 7) is 2.26. The van der Waals surface area contributed by atoms with E-state index in [9.17, 15) is 4.79 Å². The highest BCUT2D eigenvalue weighted by Gasteiger charge is 2.11. The number of methoxy groups -OCH3 is 1. The molecule has 0 aliphatic heterocycles. The molecule has 0 bridgehead atoms. The second-order valence-corrected chi connectivity index (χ2v) is 4.25. The van der Waals surface area contributed by atoms with Crippen LogP contribution >= 0.6 is 0 Å². The van der Waals surface area contributed by atoms with Crippen LogP contribution in [-0.2, 0) is 0 Å². The molecule has 6 nitrogen and oxygen atoms in total. The number of H-pyrrole nitrogens is 1. The van der Waals surface area contributed by atoms with Crippen LogP contribution in [0.1, 0.15) is 17.4 Å². The number of rotatable bonds is 6. The van der Waals surface area contributed by atoms with Crippen molar-refractivity contribution >= 4 is 5.91 Å². The Morgan fingerprint density at radius 1 is 1.40 bits per heavy atom. The average Bonchev–Trinajstić information content (AvgIpc) is 2.99. The molecular formula is C14H17N3O3. The van der Waals surface area contributed by atoms with Gasteiger partial charge in [0, 0.05) is 0 Å². The molecule has 0 unspecified atom stereocenters. The maximum Gasteiger partial charge on any atom is 0.269 e. The molecule has 1 aromatic heterocycles. The van der Waals surface area contributed by atoms with Crippen molar-refractivity contribution in [3.05, 3.63) is 42.5 Å². The van der Waals surface area contributed by atoms with Crippen LogP contribution in [-0.4, -0.2) is 35.6 Å². The van der Waals surface area contributed by atoms with Crippen molar-refractivity contribution in [2.75, 3.05) is 13.7 Å². The fourth-order valence-corrected chi connectivity index (χ4v) is 1.69. The monoisotopic (exact) mass is 275 g/mol. The van der Waals surface area contributed by atoms with Gasteiger partial charge < -0.3 is 19.8 Å². The average molecular weight is 275 g/mol. The van der Waals surface area contributed by atoms with E-state index in [0.717, 1.165) is 0 Å². The van der Waals surface area contributed by atoms with Crippen LogP contribution in [0.2, 0.25) is 0 Å². The van der Waals surface area contributed by atoms with E-state index < -0.39 is 0 Å². The lowest BCUT2D eigenvalue weighted by Crippen LogP contribution is -2.33. The molecule has 2 N–H and O–H groups in total. The normalized spacial score (nSPS) is 11.7. The SMILES string of the molecule is COc1ccccc1O[C@@H](C)CNC(=O)c1cnc[nH]1. The van der Waals surface area contributed by atoms with Crippen LogP contribution in [0.5, 0.6) is 11.5 Å². The molecule has 2 aromatic rings. The van der Waals surface area contributed by atoms with Crippen LogP contribution in [0.3, 0.4) is 0 Å². The van der Waals surface area contributed by atoms with Crippen molar-refractivity contribution in [1.29, 1.82) is 0 Å². The summed E-state index contributed by atoms with van der Waals surface area (Å²) in [5, 5.41) is 2.77. The van der Waals surface area contributed by atoms with Gasteiger partial charge in [0.2, 0.25) is 0 Å². The third-order valence-electron chi connectivity index (χ3n) is 2.69. The predicted octanol–water partition coefficient (Wildman–Crippen LogP) is 1.62. The van der Waals surface area contributed by atoms with Gasteiger partial charge in [0.25, 0.3) is 5.91 Å². The predicted molar refractivity (Wildman–Crippen MR) is 74.0 cm³/mol. The Morgan fingerprint density at radius 2 is 2.15 bits per heavy atom. The minimum Gasteiger partial charge on any atom is -0.493 e. The molecule has 1 heterocycles. The van der Waals surface area contributed by atoms with E-state index in [0.29, 0.717) is 23.7 Å². The Bertz CT molecular complexity index is 555. The van der Waals surface area contributed by atoms with Gasteiger partial charge in [0.05, 0.1) is 26.2 Å². The standard InChI is InChI=1S/C14H17N3O3/c1-10(7-16-14(18)11-8-15-9-17-11)20-13-6-4-3-5-12(13)19-2/h3-6,8-10H,7H2,1-2H3,(H,15,17)(H,16,18)/t10-/m0/s1. The lowest BCUT2D eigenvalue weighted by molar-refractivity contribution is 0.0927. The molecule has 0 saturated carbocycles. The van der Waals surface area contributed by atoms with E-state index in [1.807, 2.05) is 31.2 Å². The number of ether oxygens (including phenoxy) is 2. The number of para-hydroxylation sites is 2. The van der Waals surface area contributed by atoms with Gasteiger partial charge in [-0.05, 0) is 19.1 Å². The molecular weight excluding hydrogens is 258 g/mol. The van der Waals surface area contributed by atoms with Crippen LogP contribution in [0.15, 0.2) is 36.8 Å². The lowest BCUT2D eigenvalue weighted by Gasteiger charge is -2.17. The number of benzene rings is 1. The summed E-state index contributed by atoms with van der Waals surface area (Å²) < 4.78 is 10.9. The molecule has 1 aromatic carbocycles. The first kappa shape index (κ1) is 13.9. The number of amides is 1. The maximum atomic E-state index is 11.7. The summed E-state index contributed by atoms with van der Waals surface area (Å²) >= 11 is 0. The third-order valence-corrected chi connectivity index (χ3v) is 2.69. The molecule has 106 valence electrons. The van der Waals surface area contributed by atoms with E-state index in [2.05, 4.69) is 15.3 Å². The number of nitrogens with zero attached hydrogens (tertiary/aromatic N) is 1. The van der Waals surface area contributed by atoms with Gasteiger partial charge in [-0.1, -0.05) is 12.1 Å². The van der Waals surface area contributed by atoms with Gasteiger partial charge in [0.15, 0.2) is 11.5 Å². The molecule has 0 saturated heterocycles. The van der Waals surface area contributed by atoms with Crippen LogP contribution in [0.25, 0.3) is 0 Å². The second-order valence-electron chi connectivity index (χ2n) is 4.25. The fourth-order valence-electron chi connectivity index (χ4n) is 1.69. The molecule has 2 rings (SSSR count). The fraction of sp³-hybridized carbons (Fsp3) is 0.286. The zero-order valence-corrected chi connectivity index (χ0v) is 11.4. The van der Waals surface area contributed by atoms with Crippen molar-refractivity contribution in [2.24, 2.45) is 0 Å². The second kappa shape index (κ2) is 6.60. The summed E-state index contributed by atoms with van der Waals surface area (Å²) in [5.41, 5.74) is 0.425. The third kappa shape index (κ3) is 3.50. The quantitative estimate of drug-likeness (QED) is 0.840. The van der Waals surface area contributed by atoms with Crippen LogP contribution in [0, 0.1) is 0 Å². The van der Waals surface area contributed by atoms with Crippen molar-refractivity contribution in [2.45, 2.75) is 13.0 Å². The molecule has 1 amide bonds. The van der Waals surface area contributed by atoms with E-state index in [1.54, 1.807) is 7.11 Å². The number of hydrogen-bond acceptors (Lipinski definition) is 4. The Labute approximate surface area is 117 Å². The summed E-state index contributed by atoms with van der Waals surface area (Å²) in [6.07, 6.45) is 2.75. The Kier molecular flexibility index (Phi) is 4.60. The number of imidazole rings is 1. The Hall–Kier alpha value is -2.50. The summed E-state index contributed by atoms with van der Waals surface area (Å²) in [6, 6.07) is 7.39. The minimum absolute atomic E-state index is 0.182. The van der Waals surface area contributed by atoms with E-state index in [1.165, 1.54) is 12.5 Å². The zero-order chi connectivity index (χ0) is 14.4. The lowest BCUT2D eigenvalue weighted by atomic mass is 10.3. The molecule has 0 aliphatic rings. The first-order chi connectivity index (χ1) is 9.70. The number of aromatic nitrogens is 2. The number of hydrogen-bond donors (Lipinski definition) is 2. The molecule has 6 heteroatoms. The molecule has 0 spiro atoms. The van der Waals surface area contributed by atoms with Crippen molar-refractivity contribution in [3.63, 3.8) is 0 Å². The van der Waals surface area contributed by atoms with E-state index in [-0.39, 0.29) is 12.0 Å². The minimum atomic E-state index is -0.210. The molecule has 0 radical (unpaired) electrons. The van der Waals surface area contributed by atoms with Crippen molar-refractivity contribution < 1.29 is 14.3 Å². The van der Waals surface area contributed by atoms with E-state index in [4.69, 9.17) is 9.47 Å². The number of nitrogens with one attached hydrogen (secondary N) is 2. The highest BCUT2D eigenvalue weighted by molar-refractivity contribution is 5.91. The number of carbonyl (C=O) groups excluding carboxylic acids is 1. The first-order valence-electron chi connectivity index (χ1n) is 6.27. The molecule has 0 fully saturated rings. The molecule has 20 heavy (non-hydrogen) atoms. The maximum absolute atomic E-state index is 11.7. The topological polar surface area (TPSA) is 76.2 Å². The summed E-state index contributed by atoms with van der Waals surface area (Å²) in [7, 11) is 1.59. The highest BCUT2D eigenvalue weighted by Crippen LogP contribution is 2.26. The zero-order valence-electron chi connectivity index (χ0n) is 11.4. The molecule has 0 aliphatic carbocycles. The largest absolute Gasteiger partial charge is 0.493 e. The van der Waals surface area contributed by atoms with Gasteiger partial charge in [-0.2, -0.15) is 0 Å². The number of carbonyl (C=O) groups is 1. The Morgan fingerprint density at radius 3 is 2.80 bits per heavy atom. The molecule has 1 atom stereocenters. The summed E-state index contributed by atoms with van der Waals surface area (Å²) in [4.78, 5) is 18.3. The van der Waals surface area contributed by atoms with Crippen LogP contribution < -0.4 is 14.8 Å². The van der Waals surface area contributed by atoms with Gasteiger partial charge in [-0.25, -0.2) is 4.98 Å². The van der Waals surface area contributed by atoms with Gasteiger partial charge >= 0.3 is 0 Å². The van der Waals surface area contributed by atoms with Crippen molar-refractivity contribution in [3.8, 4) is 11.5 Å². The Balaban J connectivity index is 1.86. The van der Waals surface area contributed by atoms with Crippen molar-refractivity contribution in [1.82, 2.24) is 15.3 Å². The van der Waals surface area contributed by atoms with Gasteiger partial charge in [-0.3, -0.25) is 4.79 Å².